The van der Waals surface area contributed by atoms with Gasteiger partial charge < -0.3 is 15.2 Å². The molecule has 0 aromatic carbocycles. The second kappa shape index (κ2) is 4.61. The summed E-state index contributed by atoms with van der Waals surface area (Å²) >= 11 is 0. The molecular weight excluding hydrogens is 190 g/mol. The van der Waals surface area contributed by atoms with E-state index >= 15 is 0 Å². The maximum absolute atomic E-state index is 4.12. The molecule has 0 bridgehead atoms. The van der Waals surface area contributed by atoms with Crippen molar-refractivity contribution in [2.75, 3.05) is 18.9 Å². The average Bonchev–Trinajstić information content (AvgIpc) is 2.46. The van der Waals surface area contributed by atoms with Crippen LogP contribution in [0.1, 0.15) is 26.6 Å². The van der Waals surface area contributed by atoms with Crippen LogP contribution in [0, 0.1) is 0 Å². The van der Waals surface area contributed by atoms with Crippen LogP contribution in [0.4, 0.5) is 5.95 Å². The van der Waals surface area contributed by atoms with E-state index in [1.54, 1.807) is 0 Å². The molecule has 0 unspecified atom stereocenters. The third-order valence-electron chi connectivity index (χ3n) is 2.19. The Bertz CT molecular complexity index is 310. The van der Waals surface area contributed by atoms with Crippen LogP contribution in [0.25, 0.3) is 0 Å². The van der Waals surface area contributed by atoms with Crippen molar-refractivity contribution in [2.45, 2.75) is 32.7 Å². The normalized spacial score (nSPS) is 11.8. The number of nitrogens with one attached hydrogen (secondary N) is 2. The smallest absolute Gasteiger partial charge is 0.224 e. The van der Waals surface area contributed by atoms with Crippen molar-refractivity contribution in [3.63, 3.8) is 0 Å². The molecule has 0 saturated carbocycles. The minimum atomic E-state index is 0.157. The Kier molecular flexibility index (Phi) is 3.68. The van der Waals surface area contributed by atoms with Crippen molar-refractivity contribution >= 4 is 5.95 Å². The zero-order valence-electron chi connectivity index (χ0n) is 10.3. The number of hydrogen-bond acceptors (Lipinski definition) is 4. The van der Waals surface area contributed by atoms with Gasteiger partial charge in [0.25, 0.3) is 0 Å². The molecule has 5 heteroatoms. The fourth-order valence-electron chi connectivity index (χ4n) is 1.35. The van der Waals surface area contributed by atoms with Gasteiger partial charge in [-0.15, -0.1) is 10.2 Å². The average molecular weight is 211 g/mol. The van der Waals surface area contributed by atoms with Gasteiger partial charge in [0.2, 0.25) is 5.95 Å². The lowest BCUT2D eigenvalue weighted by Crippen LogP contribution is -2.37. The first-order chi connectivity index (χ1) is 6.94. The van der Waals surface area contributed by atoms with Gasteiger partial charge in [-0.2, -0.15) is 0 Å². The molecule has 2 N–H and O–H groups in total. The van der Waals surface area contributed by atoms with Gasteiger partial charge in [0.1, 0.15) is 5.82 Å². The number of anilines is 1. The summed E-state index contributed by atoms with van der Waals surface area (Å²) in [4.78, 5) is 0. The van der Waals surface area contributed by atoms with Gasteiger partial charge in [0.05, 0.1) is 0 Å². The highest BCUT2D eigenvalue weighted by Crippen LogP contribution is 2.04. The van der Waals surface area contributed by atoms with Crippen LogP contribution in [-0.2, 0) is 13.5 Å². The molecule has 0 amide bonds. The predicted molar refractivity (Wildman–Crippen MR) is 62.0 cm³/mol. The van der Waals surface area contributed by atoms with E-state index in [-0.39, 0.29) is 5.54 Å². The van der Waals surface area contributed by atoms with E-state index in [9.17, 15) is 0 Å². The van der Waals surface area contributed by atoms with Gasteiger partial charge in [0, 0.05) is 32.6 Å². The highest BCUT2D eigenvalue weighted by Gasteiger charge is 2.10. The number of hydrogen-bond donors (Lipinski definition) is 2. The Morgan fingerprint density at radius 2 is 1.93 bits per heavy atom. The maximum Gasteiger partial charge on any atom is 0.224 e. The van der Waals surface area contributed by atoms with Crippen LogP contribution in [0.5, 0.6) is 0 Å². The first-order valence-corrected chi connectivity index (χ1v) is 5.25. The molecule has 86 valence electrons. The second-order valence-electron chi connectivity index (χ2n) is 4.68. The Morgan fingerprint density at radius 1 is 1.27 bits per heavy atom. The molecule has 0 aliphatic carbocycles. The number of rotatable bonds is 4. The topological polar surface area (TPSA) is 54.8 Å². The summed E-state index contributed by atoms with van der Waals surface area (Å²) in [5, 5.41) is 14.6. The van der Waals surface area contributed by atoms with E-state index in [4.69, 9.17) is 0 Å². The molecule has 1 aromatic heterocycles. The standard InChI is InChI=1S/C10H21N5/c1-10(2,3)12-7-6-8-13-14-9(11-4)15(8)5/h12H,6-7H2,1-5H3,(H,11,14). The zero-order chi connectivity index (χ0) is 11.5. The van der Waals surface area contributed by atoms with Crippen molar-refractivity contribution in [3.8, 4) is 0 Å². The van der Waals surface area contributed by atoms with Crippen molar-refractivity contribution in [1.29, 1.82) is 0 Å². The molecule has 0 saturated heterocycles. The molecule has 0 spiro atoms. The van der Waals surface area contributed by atoms with Gasteiger partial charge in [-0.05, 0) is 20.8 Å². The van der Waals surface area contributed by atoms with Gasteiger partial charge >= 0.3 is 0 Å². The summed E-state index contributed by atoms with van der Waals surface area (Å²) in [6, 6.07) is 0. The van der Waals surface area contributed by atoms with Crippen LogP contribution < -0.4 is 10.6 Å². The summed E-state index contributed by atoms with van der Waals surface area (Å²) in [6.07, 6.45) is 0.891. The summed E-state index contributed by atoms with van der Waals surface area (Å²) < 4.78 is 1.98. The highest BCUT2D eigenvalue weighted by atomic mass is 15.3. The third kappa shape index (κ3) is 3.51. The summed E-state index contributed by atoms with van der Waals surface area (Å²) in [5.41, 5.74) is 0.157. The lowest BCUT2D eigenvalue weighted by atomic mass is 10.1. The number of aromatic nitrogens is 3. The van der Waals surface area contributed by atoms with Crippen LogP contribution >= 0.6 is 0 Å². The van der Waals surface area contributed by atoms with Crippen molar-refractivity contribution in [3.05, 3.63) is 5.82 Å². The SMILES string of the molecule is CNc1nnc(CCNC(C)(C)C)n1C. The van der Waals surface area contributed by atoms with Crippen LogP contribution in [0.2, 0.25) is 0 Å². The molecule has 0 atom stereocenters. The minimum Gasteiger partial charge on any atom is -0.357 e. The van der Waals surface area contributed by atoms with Crippen LogP contribution in [0.15, 0.2) is 0 Å². The van der Waals surface area contributed by atoms with Crippen LogP contribution in [0.3, 0.4) is 0 Å². The summed E-state index contributed by atoms with van der Waals surface area (Å²) in [6.45, 7) is 7.38. The molecule has 0 aliphatic rings. The maximum atomic E-state index is 4.12. The first-order valence-electron chi connectivity index (χ1n) is 5.25. The summed E-state index contributed by atoms with van der Waals surface area (Å²) in [5.74, 6) is 1.80. The fourth-order valence-corrected chi connectivity index (χ4v) is 1.35. The first kappa shape index (κ1) is 12.0. The lowest BCUT2D eigenvalue weighted by Gasteiger charge is -2.20. The Morgan fingerprint density at radius 3 is 2.40 bits per heavy atom. The molecule has 0 radical (unpaired) electrons. The minimum absolute atomic E-state index is 0.157. The molecule has 15 heavy (non-hydrogen) atoms. The molecular formula is C10H21N5. The zero-order valence-corrected chi connectivity index (χ0v) is 10.3. The van der Waals surface area contributed by atoms with Crippen molar-refractivity contribution in [2.24, 2.45) is 7.05 Å². The Hall–Kier alpha value is -1.10. The quantitative estimate of drug-likeness (QED) is 0.773. The lowest BCUT2D eigenvalue weighted by molar-refractivity contribution is 0.426. The van der Waals surface area contributed by atoms with E-state index in [0.717, 1.165) is 24.7 Å². The summed E-state index contributed by atoms with van der Waals surface area (Å²) in [7, 11) is 3.82. The molecule has 1 aromatic rings. The molecule has 0 aliphatic heterocycles. The number of nitrogens with zero attached hydrogens (tertiary/aromatic N) is 3. The predicted octanol–water partition coefficient (Wildman–Crippen LogP) is 0.787. The van der Waals surface area contributed by atoms with Gasteiger partial charge in [0.15, 0.2) is 0 Å². The van der Waals surface area contributed by atoms with Crippen molar-refractivity contribution < 1.29 is 0 Å². The molecule has 0 fully saturated rings. The Balaban J connectivity index is 2.48. The van der Waals surface area contributed by atoms with Crippen LogP contribution in [-0.4, -0.2) is 33.9 Å². The van der Waals surface area contributed by atoms with Gasteiger partial charge in [-0.3, -0.25) is 0 Å². The van der Waals surface area contributed by atoms with E-state index in [1.165, 1.54) is 0 Å². The molecule has 5 nitrogen and oxygen atoms in total. The third-order valence-corrected chi connectivity index (χ3v) is 2.19. The highest BCUT2D eigenvalue weighted by molar-refractivity contribution is 5.23. The van der Waals surface area contributed by atoms with E-state index in [1.807, 2.05) is 18.7 Å². The van der Waals surface area contributed by atoms with E-state index in [2.05, 4.69) is 41.6 Å². The second-order valence-corrected chi connectivity index (χ2v) is 4.68. The van der Waals surface area contributed by atoms with Gasteiger partial charge in [-0.25, -0.2) is 0 Å². The van der Waals surface area contributed by atoms with E-state index in [0.29, 0.717) is 0 Å². The largest absolute Gasteiger partial charge is 0.357 e. The fraction of sp³-hybridized carbons (Fsp3) is 0.800. The molecule has 1 heterocycles. The monoisotopic (exact) mass is 211 g/mol. The molecule has 1 rings (SSSR count). The van der Waals surface area contributed by atoms with E-state index < -0.39 is 0 Å². The Labute approximate surface area is 91.3 Å². The van der Waals surface area contributed by atoms with Gasteiger partial charge in [-0.1, -0.05) is 0 Å². The van der Waals surface area contributed by atoms with Crippen molar-refractivity contribution in [1.82, 2.24) is 20.1 Å².